The first-order chi connectivity index (χ1) is 41.7. The molecule has 0 spiro atoms. The van der Waals surface area contributed by atoms with Gasteiger partial charge in [0.1, 0.15) is 13.2 Å². The molecule has 0 saturated carbocycles. The van der Waals surface area contributed by atoms with Crippen LogP contribution in [0.3, 0.4) is 0 Å². The molecule has 0 aliphatic heterocycles. The number of ether oxygens (including phenoxy) is 2. The highest BCUT2D eigenvalue weighted by molar-refractivity contribution is 7.47. The third kappa shape index (κ3) is 35.7. The summed E-state index contributed by atoms with van der Waals surface area (Å²) in [5.41, 5.74) is 11.5. The molecule has 1 aromatic heterocycles. The smallest absolute Gasteiger partial charge is 0.462 e. The lowest BCUT2D eigenvalue weighted by Gasteiger charge is -2.33. The Bertz CT molecular complexity index is 2480. The summed E-state index contributed by atoms with van der Waals surface area (Å²) in [7, 11) is -4.63. The number of hydrogen-bond donors (Lipinski definition) is 1. The Morgan fingerprint density at radius 1 is 0.586 bits per heavy atom. The number of phosphoric acid groups is 1. The fourth-order valence-electron chi connectivity index (χ4n) is 12.2. The van der Waals surface area contributed by atoms with Crippen LogP contribution in [0.15, 0.2) is 112 Å². The van der Waals surface area contributed by atoms with Gasteiger partial charge in [-0.25, -0.2) is 4.57 Å². The molecule has 1 aromatic rings. The number of nitrogens with zero attached hydrogens (tertiary/aromatic N) is 1. The van der Waals surface area contributed by atoms with E-state index in [1.54, 1.807) is 0 Å². The number of carbonyl (C=O) groups excluding carboxylic acids is 2. The molecule has 0 amide bonds. The summed E-state index contributed by atoms with van der Waals surface area (Å²) in [5.74, 6) is -0.831. The molecule has 2 aliphatic rings. The zero-order chi connectivity index (χ0) is 63.6. The standard InChI is InChI=1S/C77H124NO8P/c1-12-14-16-18-20-22-24-26-28-30-32-34-36-48-74(79)83-62-71(86-75(80)49-37-35-33-31-29-27-25-23-21-19-17-15-13-2)63-85-87(81,82)84-59-58-78-57-54-69(47-39-43-65(4)51-53-73-68(7)46-41-56-77(73,10)11)61-70(78)60-66(5)44-38-42-64(3)50-52-72-67(6)45-40-55-76(72,8)9/h38-39,42-44,47,50-54,57,60-61,71H,12-37,40-41,45-46,48-49,55-56,58-59,62-63H2,1-11H3/p+1. The lowest BCUT2D eigenvalue weighted by atomic mass is 9.72. The molecule has 0 bridgehead atoms. The molecule has 87 heavy (non-hydrogen) atoms. The zero-order valence-corrected chi connectivity index (χ0v) is 58.1. The van der Waals surface area contributed by atoms with Crippen molar-refractivity contribution in [1.82, 2.24) is 0 Å². The maximum Gasteiger partial charge on any atom is 0.472 e. The minimum Gasteiger partial charge on any atom is -0.462 e. The quantitative estimate of drug-likeness (QED) is 0.0226. The van der Waals surface area contributed by atoms with Crippen LogP contribution in [0.4, 0.5) is 0 Å². The predicted octanol–water partition coefficient (Wildman–Crippen LogP) is 22.6. The van der Waals surface area contributed by atoms with Gasteiger partial charge in [0, 0.05) is 31.1 Å². The van der Waals surface area contributed by atoms with Crippen LogP contribution in [-0.4, -0.2) is 42.8 Å². The summed E-state index contributed by atoms with van der Waals surface area (Å²) >= 11 is 0. The van der Waals surface area contributed by atoms with Gasteiger partial charge in [0.2, 0.25) is 5.69 Å². The maximum atomic E-state index is 13.5. The Kier molecular flexibility index (Phi) is 40.0. The predicted molar refractivity (Wildman–Crippen MR) is 368 cm³/mol. The molecule has 3 rings (SSSR count). The van der Waals surface area contributed by atoms with Crippen molar-refractivity contribution >= 4 is 31.9 Å². The van der Waals surface area contributed by atoms with E-state index in [0.717, 1.165) is 73.8 Å². The molecule has 490 valence electrons. The summed E-state index contributed by atoms with van der Waals surface area (Å²) in [5, 5.41) is 0. The van der Waals surface area contributed by atoms with Crippen molar-refractivity contribution in [3.63, 3.8) is 0 Å². The molecule has 2 aliphatic carbocycles. The van der Waals surface area contributed by atoms with E-state index < -0.39 is 26.5 Å². The fourth-order valence-corrected chi connectivity index (χ4v) is 12.9. The van der Waals surface area contributed by atoms with Crippen LogP contribution in [0, 0.1) is 10.8 Å². The second-order valence-electron chi connectivity index (χ2n) is 26.9. The average molecular weight is 1220 g/mol. The van der Waals surface area contributed by atoms with Crippen LogP contribution in [0.1, 0.15) is 306 Å². The second kappa shape index (κ2) is 45.2. The van der Waals surface area contributed by atoms with Crippen LogP contribution in [-0.2, 0) is 39.2 Å². The summed E-state index contributed by atoms with van der Waals surface area (Å²) in [4.78, 5) is 37.1. The van der Waals surface area contributed by atoms with E-state index >= 15 is 0 Å². The largest absolute Gasteiger partial charge is 0.472 e. The monoisotopic (exact) mass is 1220 g/mol. The van der Waals surface area contributed by atoms with Gasteiger partial charge < -0.3 is 14.4 Å². The van der Waals surface area contributed by atoms with Gasteiger partial charge in [-0.15, -0.1) is 0 Å². The number of aromatic nitrogens is 1. The van der Waals surface area contributed by atoms with Crippen molar-refractivity contribution in [1.29, 1.82) is 0 Å². The summed E-state index contributed by atoms with van der Waals surface area (Å²) in [6, 6.07) is 4.12. The molecular weight excluding hydrogens is 1100 g/mol. The number of hydrogen-bond acceptors (Lipinski definition) is 7. The van der Waals surface area contributed by atoms with Crippen molar-refractivity contribution < 1.29 is 42.1 Å². The van der Waals surface area contributed by atoms with Crippen LogP contribution in [0.25, 0.3) is 12.2 Å². The number of phosphoric ester groups is 1. The van der Waals surface area contributed by atoms with E-state index in [-0.39, 0.29) is 49.4 Å². The van der Waals surface area contributed by atoms with Gasteiger partial charge in [0.05, 0.1) is 6.61 Å². The maximum absolute atomic E-state index is 13.5. The van der Waals surface area contributed by atoms with E-state index in [9.17, 15) is 19.0 Å². The van der Waals surface area contributed by atoms with Crippen molar-refractivity contribution in [3.8, 4) is 0 Å². The SMILES string of the molecule is CCCCCCCCCCCCCCCC(=O)OCC(COP(=O)(O)OCC[n+]1ccc(C=CC=C(C)C=CC2=C(C)CCCC2(C)C)cc1C=C(C)C=CC=C(C)C=CC1=C(C)CCCC1(C)C)OC(=O)CCCCCCCCCCCCCCC. The van der Waals surface area contributed by atoms with Gasteiger partial charge in [-0.05, 0) is 119 Å². The molecule has 0 saturated heterocycles. The number of rotatable bonds is 47. The van der Waals surface area contributed by atoms with E-state index in [1.807, 2.05) is 16.8 Å². The summed E-state index contributed by atoms with van der Waals surface area (Å²) in [6.45, 7) is 24.1. The fraction of sp³-hybridized carbons (Fsp3) is 0.675. The van der Waals surface area contributed by atoms with E-state index in [4.69, 9.17) is 18.5 Å². The molecule has 0 radical (unpaired) electrons. The Hall–Kier alpha value is -4.14. The van der Waals surface area contributed by atoms with Gasteiger partial charge in [-0.2, -0.15) is 4.57 Å². The van der Waals surface area contributed by atoms with E-state index in [1.165, 1.54) is 176 Å². The summed E-state index contributed by atoms with van der Waals surface area (Å²) in [6.07, 6.45) is 63.6. The Morgan fingerprint density at radius 3 is 1.51 bits per heavy atom. The van der Waals surface area contributed by atoms with Crippen LogP contribution in [0.2, 0.25) is 0 Å². The topological polar surface area (TPSA) is 112 Å². The highest BCUT2D eigenvalue weighted by Gasteiger charge is 2.29. The van der Waals surface area contributed by atoms with E-state index in [2.05, 4.69) is 149 Å². The van der Waals surface area contributed by atoms with Crippen LogP contribution in [0.5, 0.6) is 0 Å². The van der Waals surface area contributed by atoms with Crippen LogP contribution >= 0.6 is 7.82 Å². The Balaban J connectivity index is 1.67. The van der Waals surface area contributed by atoms with Gasteiger partial charge in [0.15, 0.2) is 18.8 Å². The number of unbranched alkanes of at least 4 members (excludes halogenated alkanes) is 24. The first kappa shape index (κ1) is 77.1. The number of pyridine rings is 1. The molecular formula is C77H125NO8P+. The third-order valence-electron chi connectivity index (χ3n) is 17.7. The van der Waals surface area contributed by atoms with Crippen molar-refractivity contribution in [3.05, 3.63) is 123 Å². The zero-order valence-electron chi connectivity index (χ0n) is 57.2. The van der Waals surface area contributed by atoms with Crippen molar-refractivity contribution in [2.75, 3.05) is 19.8 Å². The molecule has 10 heteroatoms. The van der Waals surface area contributed by atoms with Gasteiger partial charge in [0.25, 0.3) is 0 Å². The Labute approximate surface area is 532 Å². The third-order valence-corrected chi connectivity index (χ3v) is 18.6. The molecule has 2 atom stereocenters. The van der Waals surface area contributed by atoms with Crippen LogP contribution < -0.4 is 4.57 Å². The molecule has 1 heterocycles. The minimum absolute atomic E-state index is 0.136. The van der Waals surface area contributed by atoms with Gasteiger partial charge in [-0.1, -0.05) is 279 Å². The van der Waals surface area contributed by atoms with Crippen molar-refractivity contribution in [2.24, 2.45) is 10.8 Å². The molecule has 1 N–H and O–H groups in total. The number of carbonyl (C=O) groups is 2. The molecule has 0 fully saturated rings. The Morgan fingerprint density at radius 2 is 1.03 bits per heavy atom. The molecule has 0 aromatic carbocycles. The lowest BCUT2D eigenvalue weighted by molar-refractivity contribution is -0.699. The van der Waals surface area contributed by atoms with Gasteiger partial charge >= 0.3 is 19.8 Å². The first-order valence-corrected chi connectivity index (χ1v) is 36.4. The lowest BCUT2D eigenvalue weighted by Crippen LogP contribution is -2.38. The average Bonchev–Trinajstić information content (AvgIpc) is 3.56. The molecule has 2 unspecified atom stereocenters. The first-order valence-electron chi connectivity index (χ1n) is 34.9. The van der Waals surface area contributed by atoms with Gasteiger partial charge in [-0.3, -0.25) is 18.6 Å². The summed E-state index contributed by atoms with van der Waals surface area (Å²) < 4.78 is 38.0. The highest BCUT2D eigenvalue weighted by atomic mass is 31.2. The number of allylic oxidation sites excluding steroid dienone is 16. The number of esters is 2. The second-order valence-corrected chi connectivity index (χ2v) is 28.4. The normalized spacial score (nSPS) is 17.2. The minimum atomic E-state index is -4.63. The molecule has 9 nitrogen and oxygen atoms in total. The van der Waals surface area contributed by atoms with E-state index in [0.29, 0.717) is 6.42 Å². The van der Waals surface area contributed by atoms with Crippen molar-refractivity contribution in [2.45, 2.75) is 307 Å². The highest BCUT2D eigenvalue weighted by Crippen LogP contribution is 2.44.